The van der Waals surface area contributed by atoms with Crippen LogP contribution in [0, 0.1) is 11.3 Å². The lowest BCUT2D eigenvalue weighted by Gasteiger charge is -2.46. The monoisotopic (exact) mass is 465 g/mol. The molecule has 176 valence electrons. The molecule has 1 fully saturated rings. The van der Waals surface area contributed by atoms with Crippen molar-refractivity contribution in [2.24, 2.45) is 10.8 Å². The van der Waals surface area contributed by atoms with E-state index >= 15 is 0 Å². The zero-order valence-electron chi connectivity index (χ0n) is 17.5. The third-order valence-electron chi connectivity index (χ3n) is 5.40. The molecule has 0 bridgehead atoms. The van der Waals surface area contributed by atoms with Crippen LogP contribution in [-0.2, 0) is 9.53 Å². The third-order valence-corrected chi connectivity index (χ3v) is 5.40. The number of rotatable bonds is 5. The van der Waals surface area contributed by atoms with Gasteiger partial charge in [-0.3, -0.25) is 14.8 Å². The Labute approximate surface area is 187 Å². The molecule has 3 heterocycles. The van der Waals surface area contributed by atoms with Gasteiger partial charge in [0.2, 0.25) is 0 Å². The van der Waals surface area contributed by atoms with Crippen LogP contribution in [0.3, 0.4) is 0 Å². The maximum absolute atomic E-state index is 12.3. The predicted octanol–water partition coefficient (Wildman–Crippen LogP) is 1.98. The number of aromatic nitrogens is 1. The van der Waals surface area contributed by atoms with Crippen LogP contribution < -0.4 is 11.1 Å². The number of primary amides is 1. The Balaban J connectivity index is 1.77. The number of alkyl halides is 3. The second kappa shape index (κ2) is 9.76. The summed E-state index contributed by atoms with van der Waals surface area (Å²) < 4.78 is 41.3. The SMILES string of the molecule is N#CCC1(N2CC=C(C(N)=O)C(Nc3cccnc3)=N2)CCN(C(=O)OCC(F)(F)F)CC1. The normalized spacial score (nSPS) is 18.0. The molecular formula is C20H22F3N7O3. The highest BCUT2D eigenvalue weighted by molar-refractivity contribution is 6.25. The third kappa shape index (κ3) is 5.91. The zero-order chi connectivity index (χ0) is 24.1. The summed E-state index contributed by atoms with van der Waals surface area (Å²) in [4.78, 5) is 29.1. The Bertz CT molecular complexity index is 981. The van der Waals surface area contributed by atoms with Crippen molar-refractivity contribution in [1.82, 2.24) is 14.9 Å². The van der Waals surface area contributed by atoms with Crippen molar-refractivity contribution in [2.75, 3.05) is 31.6 Å². The number of nitriles is 1. The van der Waals surface area contributed by atoms with Gasteiger partial charge in [0, 0.05) is 19.3 Å². The molecule has 1 saturated heterocycles. The number of pyridine rings is 1. The Morgan fingerprint density at radius 3 is 2.64 bits per heavy atom. The van der Waals surface area contributed by atoms with Crippen molar-refractivity contribution in [3.63, 3.8) is 0 Å². The first-order valence-electron chi connectivity index (χ1n) is 10.0. The summed E-state index contributed by atoms with van der Waals surface area (Å²) in [6.07, 6.45) is -0.359. The van der Waals surface area contributed by atoms with Crippen LogP contribution in [0.2, 0.25) is 0 Å². The lowest BCUT2D eigenvalue weighted by molar-refractivity contribution is -0.163. The van der Waals surface area contributed by atoms with Gasteiger partial charge in [-0.2, -0.15) is 23.5 Å². The van der Waals surface area contributed by atoms with E-state index in [0.29, 0.717) is 5.69 Å². The van der Waals surface area contributed by atoms with Gasteiger partial charge in [0.15, 0.2) is 12.4 Å². The number of nitrogens with one attached hydrogen (secondary N) is 1. The van der Waals surface area contributed by atoms with Gasteiger partial charge in [-0.15, -0.1) is 0 Å². The van der Waals surface area contributed by atoms with Crippen molar-refractivity contribution >= 4 is 23.5 Å². The van der Waals surface area contributed by atoms with Gasteiger partial charge >= 0.3 is 12.3 Å². The van der Waals surface area contributed by atoms with E-state index in [2.05, 4.69) is 26.2 Å². The van der Waals surface area contributed by atoms with Crippen LogP contribution in [0.1, 0.15) is 19.3 Å². The first-order valence-corrected chi connectivity index (χ1v) is 10.0. The van der Waals surface area contributed by atoms with Crippen LogP contribution in [0.15, 0.2) is 41.3 Å². The van der Waals surface area contributed by atoms with E-state index < -0.39 is 30.3 Å². The molecule has 13 heteroatoms. The van der Waals surface area contributed by atoms with Gasteiger partial charge in [0.05, 0.1) is 42.0 Å². The number of anilines is 1. The van der Waals surface area contributed by atoms with Crippen molar-refractivity contribution in [3.8, 4) is 6.07 Å². The van der Waals surface area contributed by atoms with Gasteiger partial charge in [-0.1, -0.05) is 0 Å². The van der Waals surface area contributed by atoms with E-state index in [1.807, 2.05) is 0 Å². The molecule has 1 aromatic heterocycles. The molecule has 2 aliphatic rings. The highest BCUT2D eigenvalue weighted by Crippen LogP contribution is 2.34. The van der Waals surface area contributed by atoms with Crippen LogP contribution >= 0.6 is 0 Å². The molecule has 33 heavy (non-hydrogen) atoms. The molecule has 0 aromatic carbocycles. The van der Waals surface area contributed by atoms with E-state index in [1.54, 1.807) is 29.4 Å². The molecule has 10 nitrogen and oxygen atoms in total. The maximum atomic E-state index is 12.3. The Kier molecular flexibility index (Phi) is 7.05. The number of nitrogens with two attached hydrogens (primary N) is 1. The quantitative estimate of drug-likeness (QED) is 0.678. The smallest absolute Gasteiger partial charge is 0.422 e. The minimum absolute atomic E-state index is 0.0574. The van der Waals surface area contributed by atoms with Crippen LogP contribution in [-0.4, -0.2) is 70.7 Å². The number of nitrogens with zero attached hydrogens (tertiary/aromatic N) is 5. The summed E-state index contributed by atoms with van der Waals surface area (Å²) in [6, 6.07) is 5.55. The number of hydrogen-bond acceptors (Lipinski definition) is 8. The van der Waals surface area contributed by atoms with Gasteiger partial charge in [0.1, 0.15) is 0 Å². The Morgan fingerprint density at radius 1 is 1.33 bits per heavy atom. The highest BCUT2D eigenvalue weighted by Gasteiger charge is 2.43. The topological polar surface area (TPSA) is 137 Å². The Hall–Kier alpha value is -3.82. The minimum Gasteiger partial charge on any atom is -0.440 e. The van der Waals surface area contributed by atoms with Gasteiger partial charge < -0.3 is 20.7 Å². The highest BCUT2D eigenvalue weighted by atomic mass is 19.4. The van der Waals surface area contributed by atoms with E-state index in [0.717, 1.165) is 0 Å². The lowest BCUT2D eigenvalue weighted by Crippen LogP contribution is -2.56. The number of amidine groups is 1. The second-order valence-electron chi connectivity index (χ2n) is 7.60. The van der Waals surface area contributed by atoms with E-state index in [-0.39, 0.29) is 50.3 Å². The first-order chi connectivity index (χ1) is 15.6. The number of likely N-dealkylation sites (tertiary alicyclic amines) is 1. The molecule has 1 aromatic rings. The number of amides is 2. The largest absolute Gasteiger partial charge is 0.440 e. The van der Waals surface area contributed by atoms with Gasteiger partial charge in [0.25, 0.3) is 5.91 Å². The van der Waals surface area contributed by atoms with Gasteiger partial charge in [-0.25, -0.2) is 4.79 Å². The molecule has 0 atom stereocenters. The summed E-state index contributed by atoms with van der Waals surface area (Å²) in [6.45, 7) is -1.30. The number of halogens is 3. The first kappa shape index (κ1) is 23.8. The molecule has 2 amide bonds. The summed E-state index contributed by atoms with van der Waals surface area (Å²) >= 11 is 0. The van der Waals surface area contributed by atoms with Crippen molar-refractivity contribution < 1.29 is 27.5 Å². The fourth-order valence-corrected chi connectivity index (χ4v) is 3.69. The second-order valence-corrected chi connectivity index (χ2v) is 7.60. The molecule has 0 aliphatic carbocycles. The lowest BCUT2D eigenvalue weighted by atomic mass is 9.84. The number of ether oxygens (including phenoxy) is 1. The summed E-state index contributed by atoms with van der Waals surface area (Å²) in [7, 11) is 0. The van der Waals surface area contributed by atoms with Crippen molar-refractivity contribution in [3.05, 3.63) is 36.2 Å². The fourth-order valence-electron chi connectivity index (χ4n) is 3.69. The average molecular weight is 465 g/mol. The number of piperidine rings is 1. The molecule has 2 aliphatic heterocycles. The van der Waals surface area contributed by atoms with Crippen molar-refractivity contribution in [1.29, 1.82) is 5.26 Å². The number of hydrogen-bond donors (Lipinski definition) is 2. The maximum Gasteiger partial charge on any atom is 0.422 e. The van der Waals surface area contributed by atoms with E-state index in [4.69, 9.17) is 5.73 Å². The van der Waals surface area contributed by atoms with Gasteiger partial charge in [-0.05, 0) is 31.1 Å². The summed E-state index contributed by atoms with van der Waals surface area (Å²) in [5, 5.41) is 18.6. The van der Waals surface area contributed by atoms with E-state index in [1.165, 1.54) is 11.1 Å². The summed E-state index contributed by atoms with van der Waals surface area (Å²) in [5.74, 6) is -0.493. The van der Waals surface area contributed by atoms with Crippen molar-refractivity contribution in [2.45, 2.75) is 31.0 Å². The molecule has 0 radical (unpaired) electrons. The van der Waals surface area contributed by atoms with Crippen LogP contribution in [0.25, 0.3) is 0 Å². The molecule has 0 saturated carbocycles. The molecule has 3 rings (SSSR count). The molecular weight excluding hydrogens is 443 g/mol. The summed E-state index contributed by atoms with van der Waals surface area (Å²) in [5.41, 5.74) is 5.44. The van der Waals surface area contributed by atoms with Crippen LogP contribution in [0.5, 0.6) is 0 Å². The molecule has 0 unspecified atom stereocenters. The molecule has 3 N–H and O–H groups in total. The Morgan fingerprint density at radius 2 is 2.06 bits per heavy atom. The zero-order valence-corrected chi connectivity index (χ0v) is 17.5. The minimum atomic E-state index is -4.61. The fraction of sp³-hybridized carbons (Fsp3) is 0.450. The average Bonchev–Trinajstić information content (AvgIpc) is 2.78. The van der Waals surface area contributed by atoms with E-state index in [9.17, 15) is 28.0 Å². The number of hydrazone groups is 1. The standard InChI is InChI=1S/C20H22F3N7O3/c21-20(22,23)13-33-18(32)29-10-5-19(4-7-24,6-11-29)30-9-3-15(16(25)31)17(28-30)27-14-2-1-8-26-12-14/h1-3,8,12H,4-6,9-11,13H2,(H2,25,31)(H,27,28). The molecule has 0 spiro atoms. The van der Waals surface area contributed by atoms with Crippen LogP contribution in [0.4, 0.5) is 23.7 Å². The predicted molar refractivity (Wildman–Crippen MR) is 110 cm³/mol. The number of carbonyl (C=O) groups excluding carboxylic acids is 2. The number of carbonyl (C=O) groups is 2.